The summed E-state index contributed by atoms with van der Waals surface area (Å²) in [5, 5.41) is 3.48. The predicted octanol–water partition coefficient (Wildman–Crippen LogP) is 5.48. The van der Waals surface area contributed by atoms with Crippen molar-refractivity contribution in [2.75, 3.05) is 5.32 Å². The number of rotatable bonds is 3. The summed E-state index contributed by atoms with van der Waals surface area (Å²) in [6.45, 7) is 4.25. The van der Waals surface area contributed by atoms with Gasteiger partial charge in [-0.2, -0.15) is 0 Å². The lowest BCUT2D eigenvalue weighted by Crippen LogP contribution is -2.12. The summed E-state index contributed by atoms with van der Waals surface area (Å²) >= 11 is 9.25. The van der Waals surface area contributed by atoms with Crippen LogP contribution in [0.4, 0.5) is 5.69 Å². The number of benzene rings is 2. The Morgan fingerprint density at radius 1 is 1.15 bits per heavy atom. The van der Waals surface area contributed by atoms with E-state index in [9.17, 15) is 4.79 Å². The number of hydrogen-bond acceptors (Lipinski definition) is 1. The molecule has 0 unspecified atom stereocenters. The molecule has 0 spiro atoms. The van der Waals surface area contributed by atoms with Crippen LogP contribution in [0.3, 0.4) is 0 Å². The first kappa shape index (κ1) is 15.1. The molecule has 104 valence electrons. The van der Waals surface area contributed by atoms with Crippen molar-refractivity contribution >= 4 is 39.1 Å². The van der Waals surface area contributed by atoms with Gasteiger partial charge in [0.2, 0.25) is 0 Å². The summed E-state index contributed by atoms with van der Waals surface area (Å²) in [6.07, 6.45) is 0. The van der Waals surface area contributed by atoms with Crippen molar-refractivity contribution in [2.45, 2.75) is 19.8 Å². The van der Waals surface area contributed by atoms with E-state index < -0.39 is 0 Å². The minimum atomic E-state index is -0.136. The van der Waals surface area contributed by atoms with Crippen LogP contribution in [0.1, 0.15) is 35.7 Å². The van der Waals surface area contributed by atoms with Crippen molar-refractivity contribution < 1.29 is 4.79 Å². The van der Waals surface area contributed by atoms with E-state index in [1.54, 1.807) is 18.2 Å². The summed E-state index contributed by atoms with van der Waals surface area (Å²) in [6, 6.07) is 12.9. The number of anilines is 1. The highest BCUT2D eigenvalue weighted by molar-refractivity contribution is 9.10. The quantitative estimate of drug-likeness (QED) is 0.779. The summed E-state index contributed by atoms with van der Waals surface area (Å²) in [4.78, 5) is 12.2. The van der Waals surface area contributed by atoms with Crippen LogP contribution >= 0.6 is 27.5 Å². The molecule has 0 saturated heterocycles. The number of amides is 1. The molecule has 0 saturated carbocycles. The van der Waals surface area contributed by atoms with E-state index in [4.69, 9.17) is 11.6 Å². The zero-order valence-electron chi connectivity index (χ0n) is 11.3. The van der Waals surface area contributed by atoms with Gasteiger partial charge in [0, 0.05) is 15.1 Å². The van der Waals surface area contributed by atoms with E-state index in [1.165, 1.54) is 5.56 Å². The molecule has 20 heavy (non-hydrogen) atoms. The van der Waals surface area contributed by atoms with Crippen LogP contribution < -0.4 is 5.32 Å². The normalized spacial score (nSPS) is 10.7. The van der Waals surface area contributed by atoms with Crippen molar-refractivity contribution in [3.8, 4) is 0 Å². The second-order valence-electron chi connectivity index (χ2n) is 4.86. The maximum Gasteiger partial charge on any atom is 0.255 e. The van der Waals surface area contributed by atoms with E-state index >= 15 is 0 Å². The monoisotopic (exact) mass is 351 g/mol. The molecule has 0 heterocycles. The van der Waals surface area contributed by atoms with Crippen LogP contribution in [-0.4, -0.2) is 5.91 Å². The van der Waals surface area contributed by atoms with Gasteiger partial charge in [0.1, 0.15) is 0 Å². The van der Waals surface area contributed by atoms with Crippen molar-refractivity contribution in [3.63, 3.8) is 0 Å². The fraction of sp³-hybridized carbons (Fsp3) is 0.188. The van der Waals surface area contributed by atoms with Crippen LogP contribution in [0.2, 0.25) is 5.02 Å². The largest absolute Gasteiger partial charge is 0.321 e. The molecule has 2 nitrogen and oxygen atoms in total. The third-order valence-corrected chi connectivity index (χ3v) is 3.91. The Morgan fingerprint density at radius 2 is 1.80 bits per heavy atom. The summed E-state index contributed by atoms with van der Waals surface area (Å²) in [7, 11) is 0. The minimum Gasteiger partial charge on any atom is -0.321 e. The molecule has 0 radical (unpaired) electrons. The van der Waals surface area contributed by atoms with Gasteiger partial charge in [0.05, 0.1) is 5.69 Å². The third kappa shape index (κ3) is 3.62. The first-order valence-electron chi connectivity index (χ1n) is 6.33. The Bertz CT molecular complexity index is 623. The lowest BCUT2D eigenvalue weighted by atomic mass is 10.0. The van der Waals surface area contributed by atoms with E-state index in [-0.39, 0.29) is 5.91 Å². The Kier molecular flexibility index (Phi) is 4.84. The highest BCUT2D eigenvalue weighted by atomic mass is 79.9. The van der Waals surface area contributed by atoms with Crippen molar-refractivity contribution in [3.05, 3.63) is 63.1 Å². The highest BCUT2D eigenvalue weighted by Crippen LogP contribution is 2.26. The maximum absolute atomic E-state index is 12.2. The Hall–Kier alpha value is -1.32. The van der Waals surface area contributed by atoms with E-state index in [0.717, 1.165) is 4.47 Å². The van der Waals surface area contributed by atoms with Crippen LogP contribution in [0, 0.1) is 0 Å². The Labute approximate surface area is 132 Å². The summed E-state index contributed by atoms with van der Waals surface area (Å²) < 4.78 is 0.761. The molecule has 0 fully saturated rings. The third-order valence-electron chi connectivity index (χ3n) is 3.02. The molecule has 1 amide bonds. The average molecular weight is 353 g/mol. The fourth-order valence-electron chi connectivity index (χ4n) is 1.80. The molecule has 0 aliphatic rings. The first-order valence-corrected chi connectivity index (χ1v) is 7.51. The van der Waals surface area contributed by atoms with Gasteiger partial charge in [0.25, 0.3) is 5.91 Å². The molecular formula is C16H15BrClNO. The Balaban J connectivity index is 2.15. The number of hydrogen-bond donors (Lipinski definition) is 1. The SMILES string of the molecule is CC(C)c1ccc(C(=O)Nc2ccc(Cl)cc2Br)cc1. The number of halogens is 2. The van der Waals surface area contributed by atoms with Gasteiger partial charge in [-0.05, 0) is 57.7 Å². The summed E-state index contributed by atoms with van der Waals surface area (Å²) in [5.74, 6) is 0.320. The summed E-state index contributed by atoms with van der Waals surface area (Å²) in [5.41, 5.74) is 2.55. The minimum absolute atomic E-state index is 0.136. The van der Waals surface area contributed by atoms with Gasteiger partial charge in [-0.15, -0.1) is 0 Å². The molecule has 0 bridgehead atoms. The predicted molar refractivity (Wildman–Crippen MR) is 87.6 cm³/mol. The van der Waals surface area contributed by atoms with Gasteiger partial charge in [-0.25, -0.2) is 0 Å². The number of nitrogens with one attached hydrogen (secondary N) is 1. The zero-order valence-corrected chi connectivity index (χ0v) is 13.6. The van der Waals surface area contributed by atoms with Gasteiger partial charge in [-0.1, -0.05) is 37.6 Å². The molecule has 0 aromatic heterocycles. The molecule has 0 aliphatic carbocycles. The van der Waals surface area contributed by atoms with Crippen LogP contribution in [0.15, 0.2) is 46.9 Å². The first-order chi connectivity index (χ1) is 9.47. The standard InChI is InChI=1S/C16H15BrClNO/c1-10(2)11-3-5-12(6-4-11)16(20)19-15-8-7-13(18)9-14(15)17/h3-10H,1-2H3,(H,19,20). The van der Waals surface area contributed by atoms with Gasteiger partial charge in [0.15, 0.2) is 0 Å². The molecule has 4 heteroatoms. The van der Waals surface area contributed by atoms with Crippen LogP contribution in [-0.2, 0) is 0 Å². The molecule has 2 aromatic carbocycles. The molecule has 0 aliphatic heterocycles. The van der Waals surface area contributed by atoms with Crippen molar-refractivity contribution in [2.24, 2.45) is 0 Å². The molecule has 0 atom stereocenters. The topological polar surface area (TPSA) is 29.1 Å². The smallest absolute Gasteiger partial charge is 0.255 e. The van der Waals surface area contributed by atoms with Crippen LogP contribution in [0.5, 0.6) is 0 Å². The zero-order chi connectivity index (χ0) is 14.7. The van der Waals surface area contributed by atoms with E-state index in [2.05, 4.69) is 35.1 Å². The lowest BCUT2D eigenvalue weighted by molar-refractivity contribution is 0.102. The highest BCUT2D eigenvalue weighted by Gasteiger charge is 2.09. The molecule has 2 rings (SSSR count). The Morgan fingerprint density at radius 3 is 2.35 bits per heavy atom. The maximum atomic E-state index is 12.2. The van der Waals surface area contributed by atoms with Crippen molar-refractivity contribution in [1.82, 2.24) is 0 Å². The molecule has 2 aromatic rings. The number of carbonyl (C=O) groups is 1. The fourth-order valence-corrected chi connectivity index (χ4v) is 2.59. The molecule has 1 N–H and O–H groups in total. The van der Waals surface area contributed by atoms with Crippen molar-refractivity contribution in [1.29, 1.82) is 0 Å². The molecular weight excluding hydrogens is 338 g/mol. The van der Waals surface area contributed by atoms with Crippen LogP contribution in [0.25, 0.3) is 0 Å². The van der Waals surface area contributed by atoms with Gasteiger partial charge >= 0.3 is 0 Å². The van der Waals surface area contributed by atoms with E-state index in [0.29, 0.717) is 22.2 Å². The second-order valence-corrected chi connectivity index (χ2v) is 6.15. The van der Waals surface area contributed by atoms with Gasteiger partial charge < -0.3 is 5.32 Å². The average Bonchev–Trinajstić information content (AvgIpc) is 2.42. The van der Waals surface area contributed by atoms with Gasteiger partial charge in [-0.3, -0.25) is 4.79 Å². The lowest BCUT2D eigenvalue weighted by Gasteiger charge is -2.09. The second kappa shape index (κ2) is 6.42. The van der Waals surface area contributed by atoms with E-state index in [1.807, 2.05) is 24.3 Å². The number of carbonyl (C=O) groups excluding carboxylic acids is 1.